The molecule has 3 N–H and O–H groups in total. The number of carbonyl (C=O) groups excluding carboxylic acids is 1. The van der Waals surface area contributed by atoms with Gasteiger partial charge in [0.1, 0.15) is 18.5 Å². The van der Waals surface area contributed by atoms with E-state index in [0.29, 0.717) is 19.5 Å². The van der Waals surface area contributed by atoms with Gasteiger partial charge >= 0.3 is 0 Å². The molecule has 1 fully saturated rings. The zero-order valence-electron chi connectivity index (χ0n) is 13.6. The van der Waals surface area contributed by atoms with Crippen LogP contribution in [0.3, 0.4) is 0 Å². The minimum Gasteiger partial charge on any atom is -0.491 e. The SMILES string of the molecule is NCCCC(=O)N1CCN(CC(O)COc2ccccc2)CC1. The van der Waals surface area contributed by atoms with Crippen LogP contribution in [0.1, 0.15) is 12.8 Å². The lowest BCUT2D eigenvalue weighted by molar-refractivity contribution is -0.133. The molecule has 1 aromatic rings. The Balaban J connectivity index is 1.64. The van der Waals surface area contributed by atoms with E-state index >= 15 is 0 Å². The molecular formula is C17H27N3O3. The van der Waals surface area contributed by atoms with Crippen LogP contribution in [0.15, 0.2) is 30.3 Å². The van der Waals surface area contributed by atoms with Gasteiger partial charge in [-0.3, -0.25) is 9.69 Å². The van der Waals surface area contributed by atoms with E-state index in [4.69, 9.17) is 10.5 Å². The van der Waals surface area contributed by atoms with E-state index in [1.807, 2.05) is 35.2 Å². The zero-order chi connectivity index (χ0) is 16.5. The van der Waals surface area contributed by atoms with Crippen molar-refractivity contribution in [1.29, 1.82) is 0 Å². The molecule has 6 nitrogen and oxygen atoms in total. The number of rotatable bonds is 8. The third-order valence-corrected chi connectivity index (χ3v) is 3.97. The quantitative estimate of drug-likeness (QED) is 0.720. The van der Waals surface area contributed by atoms with Gasteiger partial charge in [-0.25, -0.2) is 0 Å². The van der Waals surface area contributed by atoms with Gasteiger partial charge in [-0.1, -0.05) is 18.2 Å². The summed E-state index contributed by atoms with van der Waals surface area (Å²) in [5.74, 6) is 0.949. The molecule has 1 heterocycles. The van der Waals surface area contributed by atoms with Crippen LogP contribution < -0.4 is 10.5 Å². The molecule has 1 amide bonds. The van der Waals surface area contributed by atoms with Crippen LogP contribution in [0.25, 0.3) is 0 Å². The first-order valence-electron chi connectivity index (χ1n) is 8.25. The van der Waals surface area contributed by atoms with E-state index in [1.54, 1.807) is 0 Å². The molecule has 0 saturated carbocycles. The first-order valence-corrected chi connectivity index (χ1v) is 8.25. The van der Waals surface area contributed by atoms with Crippen LogP contribution in [0.2, 0.25) is 0 Å². The fourth-order valence-corrected chi connectivity index (χ4v) is 2.65. The number of benzene rings is 1. The lowest BCUT2D eigenvalue weighted by Crippen LogP contribution is -2.51. The maximum absolute atomic E-state index is 11.9. The molecular weight excluding hydrogens is 294 g/mol. The summed E-state index contributed by atoms with van der Waals surface area (Å²) in [4.78, 5) is 16.0. The summed E-state index contributed by atoms with van der Waals surface area (Å²) in [6.45, 7) is 4.41. The number of nitrogens with zero attached hydrogens (tertiary/aromatic N) is 2. The molecule has 0 aromatic heterocycles. The largest absolute Gasteiger partial charge is 0.491 e. The third-order valence-electron chi connectivity index (χ3n) is 3.97. The summed E-state index contributed by atoms with van der Waals surface area (Å²) in [6, 6.07) is 9.49. The summed E-state index contributed by atoms with van der Waals surface area (Å²) >= 11 is 0. The molecule has 6 heteroatoms. The molecule has 23 heavy (non-hydrogen) atoms. The number of carbonyl (C=O) groups is 1. The lowest BCUT2D eigenvalue weighted by atomic mass is 10.2. The number of ether oxygens (including phenoxy) is 1. The average Bonchev–Trinajstić information content (AvgIpc) is 2.59. The summed E-state index contributed by atoms with van der Waals surface area (Å²) in [5, 5.41) is 10.1. The monoisotopic (exact) mass is 321 g/mol. The van der Waals surface area contributed by atoms with Crippen LogP contribution in [-0.2, 0) is 4.79 Å². The number of aliphatic hydroxyl groups excluding tert-OH is 1. The molecule has 0 aliphatic carbocycles. The molecule has 0 bridgehead atoms. The van der Waals surface area contributed by atoms with E-state index in [1.165, 1.54) is 0 Å². The van der Waals surface area contributed by atoms with Crippen molar-refractivity contribution in [3.05, 3.63) is 30.3 Å². The van der Waals surface area contributed by atoms with E-state index in [-0.39, 0.29) is 12.5 Å². The summed E-state index contributed by atoms with van der Waals surface area (Å²) in [5.41, 5.74) is 5.44. The Labute approximate surface area is 137 Å². The maximum Gasteiger partial charge on any atom is 0.222 e. The number of aliphatic hydroxyl groups is 1. The van der Waals surface area contributed by atoms with Crippen molar-refractivity contribution >= 4 is 5.91 Å². The minimum atomic E-state index is -0.533. The van der Waals surface area contributed by atoms with Crippen LogP contribution in [-0.4, -0.2) is 72.8 Å². The first kappa shape index (κ1) is 17.7. The van der Waals surface area contributed by atoms with Gasteiger partial charge in [-0.15, -0.1) is 0 Å². The molecule has 0 spiro atoms. The highest BCUT2D eigenvalue weighted by Crippen LogP contribution is 2.10. The summed E-state index contributed by atoms with van der Waals surface area (Å²) in [6.07, 6.45) is 0.744. The second-order valence-electron chi connectivity index (χ2n) is 5.85. The molecule has 1 aliphatic heterocycles. The number of para-hydroxylation sites is 1. The average molecular weight is 321 g/mol. The smallest absolute Gasteiger partial charge is 0.222 e. The van der Waals surface area contributed by atoms with Crippen molar-refractivity contribution in [2.45, 2.75) is 18.9 Å². The molecule has 1 unspecified atom stereocenters. The topological polar surface area (TPSA) is 79.0 Å². The van der Waals surface area contributed by atoms with Crippen LogP contribution in [0.5, 0.6) is 5.75 Å². The molecule has 1 atom stereocenters. The van der Waals surface area contributed by atoms with E-state index in [2.05, 4.69) is 4.90 Å². The maximum atomic E-state index is 11.9. The number of nitrogens with two attached hydrogens (primary N) is 1. The summed E-state index contributed by atoms with van der Waals surface area (Å²) in [7, 11) is 0. The fourth-order valence-electron chi connectivity index (χ4n) is 2.65. The lowest BCUT2D eigenvalue weighted by Gasteiger charge is -2.35. The van der Waals surface area contributed by atoms with Crippen molar-refractivity contribution in [3.8, 4) is 5.75 Å². The Morgan fingerprint density at radius 2 is 1.91 bits per heavy atom. The fraction of sp³-hybridized carbons (Fsp3) is 0.588. The first-order chi connectivity index (χ1) is 11.2. The van der Waals surface area contributed by atoms with E-state index in [9.17, 15) is 9.90 Å². The Bertz CT molecular complexity index is 461. The Morgan fingerprint density at radius 1 is 1.22 bits per heavy atom. The minimum absolute atomic E-state index is 0.183. The zero-order valence-corrected chi connectivity index (χ0v) is 13.6. The number of hydrogen-bond acceptors (Lipinski definition) is 5. The van der Waals surface area contributed by atoms with Crippen molar-refractivity contribution in [2.24, 2.45) is 5.73 Å². The van der Waals surface area contributed by atoms with Gasteiger partial charge in [-0.2, -0.15) is 0 Å². The van der Waals surface area contributed by atoms with Crippen molar-refractivity contribution < 1.29 is 14.6 Å². The highest BCUT2D eigenvalue weighted by Gasteiger charge is 2.22. The van der Waals surface area contributed by atoms with Crippen molar-refractivity contribution in [3.63, 3.8) is 0 Å². The second-order valence-corrected chi connectivity index (χ2v) is 5.85. The highest BCUT2D eigenvalue weighted by molar-refractivity contribution is 5.76. The standard InChI is InChI=1S/C17H27N3O3/c18-8-4-7-17(22)20-11-9-19(10-12-20)13-15(21)14-23-16-5-2-1-3-6-16/h1-3,5-6,15,21H,4,7-14,18H2. The van der Waals surface area contributed by atoms with Crippen LogP contribution in [0.4, 0.5) is 0 Å². The molecule has 1 saturated heterocycles. The molecule has 1 aliphatic rings. The van der Waals surface area contributed by atoms with Gasteiger partial charge in [0.2, 0.25) is 5.91 Å². The van der Waals surface area contributed by atoms with Crippen LogP contribution in [0, 0.1) is 0 Å². The predicted molar refractivity (Wildman–Crippen MR) is 89.3 cm³/mol. The molecule has 1 aromatic carbocycles. The van der Waals surface area contributed by atoms with Gasteiger partial charge in [0.15, 0.2) is 0 Å². The Kier molecular flexibility index (Phi) is 7.32. The van der Waals surface area contributed by atoms with Gasteiger partial charge in [0.25, 0.3) is 0 Å². The summed E-state index contributed by atoms with van der Waals surface area (Å²) < 4.78 is 5.56. The van der Waals surface area contributed by atoms with Gasteiger partial charge in [0, 0.05) is 39.1 Å². The van der Waals surface area contributed by atoms with Crippen molar-refractivity contribution in [2.75, 3.05) is 45.9 Å². The van der Waals surface area contributed by atoms with E-state index < -0.39 is 6.10 Å². The molecule has 0 radical (unpaired) electrons. The number of hydrogen-bond donors (Lipinski definition) is 2. The Hall–Kier alpha value is -1.63. The van der Waals surface area contributed by atoms with Gasteiger partial charge in [0.05, 0.1) is 0 Å². The Morgan fingerprint density at radius 3 is 2.57 bits per heavy atom. The highest BCUT2D eigenvalue weighted by atomic mass is 16.5. The third kappa shape index (κ3) is 6.17. The molecule has 2 rings (SSSR count). The number of amides is 1. The van der Waals surface area contributed by atoms with Crippen molar-refractivity contribution in [1.82, 2.24) is 9.80 Å². The normalized spacial score (nSPS) is 17.0. The molecule has 128 valence electrons. The van der Waals surface area contributed by atoms with Gasteiger partial charge in [-0.05, 0) is 25.1 Å². The predicted octanol–water partition coefficient (Wildman–Crippen LogP) is 0.309. The second kappa shape index (κ2) is 9.50. The van der Waals surface area contributed by atoms with E-state index in [0.717, 1.165) is 38.3 Å². The van der Waals surface area contributed by atoms with Gasteiger partial charge < -0.3 is 20.5 Å². The number of piperazine rings is 1. The number of β-amino-alcohol motifs (C(OH)–C–C–N with tert-alkyl or cyclic N) is 1. The van der Waals surface area contributed by atoms with Crippen LogP contribution >= 0.6 is 0 Å².